The van der Waals surface area contributed by atoms with Crippen molar-refractivity contribution in [3.8, 4) is 0 Å². The van der Waals surface area contributed by atoms with E-state index in [1.807, 2.05) is 0 Å². The van der Waals surface area contributed by atoms with Gasteiger partial charge in [-0.15, -0.1) is 0 Å². The summed E-state index contributed by atoms with van der Waals surface area (Å²) < 4.78 is 9.86. The molecule has 0 unspecified atom stereocenters. The number of nitrogens with one attached hydrogen (secondary N) is 1. The maximum Gasteiger partial charge on any atom is 0.433 e. The number of rotatable bonds is 6. The molecule has 0 saturated carbocycles. The molecule has 0 aliphatic carbocycles. The highest BCUT2D eigenvalue weighted by Crippen LogP contribution is 2.29. The summed E-state index contributed by atoms with van der Waals surface area (Å²) in [6, 6.07) is 6.10. The van der Waals surface area contributed by atoms with Crippen molar-refractivity contribution >= 4 is 50.1 Å². The third kappa shape index (κ3) is 4.04. The Balaban J connectivity index is 1.60. The van der Waals surface area contributed by atoms with Crippen LogP contribution < -0.4 is 5.32 Å². The van der Waals surface area contributed by atoms with E-state index in [1.54, 1.807) is 0 Å². The van der Waals surface area contributed by atoms with Crippen LogP contribution in [0.2, 0.25) is 0 Å². The summed E-state index contributed by atoms with van der Waals surface area (Å²) in [5.41, 5.74) is 0.353. The Labute approximate surface area is 152 Å². The van der Waals surface area contributed by atoms with E-state index in [4.69, 9.17) is 4.74 Å². The third-order valence-corrected chi connectivity index (χ3v) is 4.07. The highest BCUT2D eigenvalue weighted by atomic mass is 32.1. The number of non-ortho nitro benzene ring substituents is 1. The monoisotopic (exact) mass is 392 g/mol. The molecule has 3 aromatic rings. The average molecular weight is 392 g/mol. The molecule has 0 aliphatic heterocycles. The predicted molar refractivity (Wildman–Crippen MR) is 90.5 cm³/mol. The number of fused-ring (bicyclic) bond motifs is 1. The van der Waals surface area contributed by atoms with Gasteiger partial charge >= 0.3 is 11.9 Å². The lowest BCUT2D eigenvalue weighted by Crippen LogP contribution is -2.20. The van der Waals surface area contributed by atoms with Gasteiger partial charge in [0.1, 0.15) is 4.92 Å². The number of anilines is 1. The summed E-state index contributed by atoms with van der Waals surface area (Å²) >= 11 is 1.01. The number of hydrogen-bond donors (Lipinski definition) is 1. The number of ether oxygens (including phenoxy) is 1. The Hall–Kier alpha value is -3.87. The Bertz CT molecular complexity index is 1070. The zero-order valence-electron chi connectivity index (χ0n) is 13.1. The molecular weight excluding hydrogens is 384 g/mol. The van der Waals surface area contributed by atoms with Crippen molar-refractivity contribution in [2.75, 3.05) is 11.9 Å². The van der Waals surface area contributed by atoms with Crippen molar-refractivity contribution < 1.29 is 28.6 Å². The first kappa shape index (κ1) is 17.9. The molecule has 13 heteroatoms. The highest BCUT2D eigenvalue weighted by molar-refractivity contribution is 7.22. The number of furan rings is 1. The average Bonchev–Trinajstić information content (AvgIpc) is 3.25. The molecule has 138 valence electrons. The summed E-state index contributed by atoms with van der Waals surface area (Å²) in [7, 11) is 0. The van der Waals surface area contributed by atoms with Gasteiger partial charge in [0.15, 0.2) is 11.7 Å². The van der Waals surface area contributed by atoms with E-state index in [1.165, 1.54) is 18.2 Å². The van der Waals surface area contributed by atoms with Crippen LogP contribution in [0.15, 0.2) is 34.7 Å². The van der Waals surface area contributed by atoms with Crippen LogP contribution in [0.5, 0.6) is 0 Å². The van der Waals surface area contributed by atoms with Crippen molar-refractivity contribution in [2.24, 2.45) is 0 Å². The van der Waals surface area contributed by atoms with Crippen molar-refractivity contribution in [3.05, 3.63) is 56.3 Å². The second kappa shape index (κ2) is 7.17. The minimum Gasteiger partial charge on any atom is -0.450 e. The van der Waals surface area contributed by atoms with Gasteiger partial charge < -0.3 is 9.15 Å². The predicted octanol–water partition coefficient (Wildman–Crippen LogP) is 2.50. The fourth-order valence-electron chi connectivity index (χ4n) is 1.97. The number of aromatic nitrogens is 1. The molecular formula is C14H8N4O8S. The fraction of sp³-hybridized carbons (Fsp3) is 0.0714. The van der Waals surface area contributed by atoms with Gasteiger partial charge in [-0.1, -0.05) is 11.3 Å². The van der Waals surface area contributed by atoms with E-state index >= 15 is 0 Å². The van der Waals surface area contributed by atoms with Crippen LogP contribution in [-0.4, -0.2) is 33.3 Å². The number of amides is 1. The molecule has 0 radical (unpaired) electrons. The highest BCUT2D eigenvalue weighted by Gasteiger charge is 2.19. The number of carbonyl (C=O) groups is 2. The molecule has 0 saturated heterocycles. The molecule has 2 heterocycles. The molecule has 2 aromatic heterocycles. The first-order valence-corrected chi connectivity index (χ1v) is 7.91. The maximum absolute atomic E-state index is 11.8. The van der Waals surface area contributed by atoms with Crippen molar-refractivity contribution in [1.82, 2.24) is 4.98 Å². The van der Waals surface area contributed by atoms with Crippen LogP contribution in [0.4, 0.5) is 16.7 Å². The van der Waals surface area contributed by atoms with Crippen molar-refractivity contribution in [3.63, 3.8) is 0 Å². The molecule has 3 rings (SSSR count). The number of carbonyl (C=O) groups excluding carboxylic acids is 2. The molecule has 0 atom stereocenters. The van der Waals surface area contributed by atoms with Crippen LogP contribution in [0.3, 0.4) is 0 Å². The van der Waals surface area contributed by atoms with Crippen LogP contribution in [-0.2, 0) is 9.53 Å². The molecule has 12 nitrogen and oxygen atoms in total. The summed E-state index contributed by atoms with van der Waals surface area (Å²) in [4.78, 5) is 47.5. The Morgan fingerprint density at radius 2 is 1.96 bits per heavy atom. The van der Waals surface area contributed by atoms with Crippen LogP contribution in [0.1, 0.15) is 10.6 Å². The molecule has 0 bridgehead atoms. The van der Waals surface area contributed by atoms with Gasteiger partial charge in [0.05, 0.1) is 21.2 Å². The van der Waals surface area contributed by atoms with Gasteiger partial charge in [-0.05, 0) is 12.1 Å². The number of nitro benzene ring substituents is 1. The van der Waals surface area contributed by atoms with E-state index in [-0.39, 0.29) is 10.8 Å². The topological polar surface area (TPSA) is 168 Å². The van der Waals surface area contributed by atoms with Crippen LogP contribution in [0, 0.1) is 20.2 Å². The normalized spacial score (nSPS) is 10.5. The molecule has 1 amide bonds. The van der Waals surface area contributed by atoms with Crippen LogP contribution >= 0.6 is 11.3 Å². The number of thiazole rings is 1. The number of hydrogen-bond acceptors (Lipinski definition) is 10. The summed E-state index contributed by atoms with van der Waals surface area (Å²) in [6.07, 6.45) is 0. The third-order valence-electron chi connectivity index (χ3n) is 3.14. The molecule has 0 spiro atoms. The van der Waals surface area contributed by atoms with Crippen LogP contribution in [0.25, 0.3) is 10.2 Å². The summed E-state index contributed by atoms with van der Waals surface area (Å²) in [6.45, 7) is -0.677. The number of nitro groups is 2. The van der Waals surface area contributed by atoms with Gasteiger partial charge in [-0.2, -0.15) is 0 Å². The minimum absolute atomic E-state index is 0.106. The Morgan fingerprint density at radius 1 is 1.19 bits per heavy atom. The lowest BCUT2D eigenvalue weighted by Gasteiger charge is -2.02. The van der Waals surface area contributed by atoms with Crippen molar-refractivity contribution in [1.29, 1.82) is 0 Å². The number of benzene rings is 1. The van der Waals surface area contributed by atoms with E-state index in [0.717, 1.165) is 23.5 Å². The first-order valence-electron chi connectivity index (χ1n) is 7.09. The van der Waals surface area contributed by atoms with Crippen molar-refractivity contribution in [2.45, 2.75) is 0 Å². The SMILES string of the molecule is O=C(COC(=O)c1ccc([N+](=O)[O-])o1)Nc1nc2ccc([N+](=O)[O-])cc2s1. The Morgan fingerprint density at radius 3 is 2.63 bits per heavy atom. The standard InChI is InChI=1S/C14H8N4O8S/c19-11(6-25-13(20)9-3-4-12(26-9)18(23)24)16-14-15-8-2-1-7(17(21)22)5-10(8)27-14/h1-5H,6H2,(H,15,16,19). The van der Waals surface area contributed by atoms with Gasteiger partial charge in [-0.3, -0.25) is 30.3 Å². The molecule has 0 fully saturated rings. The molecule has 27 heavy (non-hydrogen) atoms. The fourth-order valence-corrected chi connectivity index (χ4v) is 2.89. The summed E-state index contributed by atoms with van der Waals surface area (Å²) in [5, 5.41) is 23.8. The van der Waals surface area contributed by atoms with Gasteiger partial charge in [0.25, 0.3) is 11.6 Å². The van der Waals surface area contributed by atoms with E-state index in [2.05, 4.69) is 14.7 Å². The minimum atomic E-state index is -1.04. The largest absolute Gasteiger partial charge is 0.450 e. The zero-order valence-corrected chi connectivity index (χ0v) is 13.9. The second-order valence-corrected chi connectivity index (χ2v) is 5.98. The zero-order chi connectivity index (χ0) is 19.6. The van der Waals surface area contributed by atoms with Gasteiger partial charge in [-0.25, -0.2) is 9.78 Å². The lowest BCUT2D eigenvalue weighted by molar-refractivity contribution is -0.402. The smallest absolute Gasteiger partial charge is 0.433 e. The second-order valence-electron chi connectivity index (χ2n) is 4.95. The van der Waals surface area contributed by atoms with Gasteiger partial charge in [0.2, 0.25) is 5.76 Å². The molecule has 1 N–H and O–H groups in total. The maximum atomic E-state index is 11.8. The summed E-state index contributed by atoms with van der Waals surface area (Å²) in [5.74, 6) is -2.80. The lowest BCUT2D eigenvalue weighted by atomic mass is 10.3. The quantitative estimate of drug-likeness (QED) is 0.376. The van der Waals surface area contributed by atoms with E-state index < -0.39 is 40.0 Å². The first-order chi connectivity index (χ1) is 12.8. The van der Waals surface area contributed by atoms with E-state index in [9.17, 15) is 29.8 Å². The Kier molecular flexibility index (Phi) is 4.76. The number of nitrogens with zero attached hydrogens (tertiary/aromatic N) is 3. The van der Waals surface area contributed by atoms with E-state index in [0.29, 0.717) is 10.2 Å². The van der Waals surface area contributed by atoms with Gasteiger partial charge in [0, 0.05) is 12.1 Å². The number of esters is 1. The molecule has 0 aliphatic rings. The molecule has 1 aromatic carbocycles.